The number of hydrogen-bond donors (Lipinski definition) is 0. The highest BCUT2D eigenvalue weighted by Gasteiger charge is 2.60. The van der Waals surface area contributed by atoms with Crippen LogP contribution in [0.5, 0.6) is 17.2 Å². The summed E-state index contributed by atoms with van der Waals surface area (Å²) in [5.74, 6) is 5.33. The average molecular weight is 437 g/mol. The first-order valence-corrected chi connectivity index (χ1v) is 12.7. The maximum atomic E-state index is 13.7. The van der Waals surface area contributed by atoms with E-state index >= 15 is 0 Å². The Kier molecular flexibility index (Phi) is 4.68. The smallest absolute Gasteiger partial charge is 0.231 e. The number of allylic oxidation sites excluding steroid dienone is 1. The molecule has 0 bridgehead atoms. The highest BCUT2D eigenvalue weighted by molar-refractivity contribution is 6.06. The molecule has 4 nitrogen and oxygen atoms in total. The van der Waals surface area contributed by atoms with Gasteiger partial charge in [-0.2, -0.15) is 0 Å². The molecular formula is C28H36O4. The quantitative estimate of drug-likeness (QED) is 0.502. The van der Waals surface area contributed by atoms with E-state index in [-0.39, 0.29) is 12.2 Å². The number of Topliss-reactive ketones (excluding diaryl/α,β-unsaturated/α-hetero) is 1. The fourth-order valence-corrected chi connectivity index (χ4v) is 8.53. The highest BCUT2D eigenvalue weighted by atomic mass is 16.7. The summed E-state index contributed by atoms with van der Waals surface area (Å²) >= 11 is 0. The van der Waals surface area contributed by atoms with E-state index in [0.29, 0.717) is 40.3 Å². The van der Waals surface area contributed by atoms with Crippen LogP contribution in [0.4, 0.5) is 0 Å². The fourth-order valence-electron chi connectivity index (χ4n) is 8.53. The summed E-state index contributed by atoms with van der Waals surface area (Å²) in [6.07, 6.45) is 13.7. The van der Waals surface area contributed by atoms with E-state index < -0.39 is 0 Å². The molecule has 1 heterocycles. The monoisotopic (exact) mass is 436 g/mol. The van der Waals surface area contributed by atoms with Gasteiger partial charge in [-0.3, -0.25) is 4.79 Å². The van der Waals surface area contributed by atoms with Crippen molar-refractivity contribution in [3.05, 3.63) is 23.3 Å². The molecule has 0 spiro atoms. The lowest BCUT2D eigenvalue weighted by molar-refractivity contribution is -0.137. The zero-order chi connectivity index (χ0) is 22.1. The highest BCUT2D eigenvalue weighted by Crippen LogP contribution is 2.66. The lowest BCUT2D eigenvalue weighted by Gasteiger charge is -2.59. The summed E-state index contributed by atoms with van der Waals surface area (Å²) in [6, 6.07) is 3.95. The molecule has 6 atom stereocenters. The molecule has 0 aromatic heterocycles. The van der Waals surface area contributed by atoms with Gasteiger partial charge >= 0.3 is 0 Å². The maximum absolute atomic E-state index is 13.7. The van der Waals surface area contributed by atoms with E-state index in [1.54, 1.807) is 7.11 Å². The van der Waals surface area contributed by atoms with Crippen LogP contribution in [0.25, 0.3) is 6.08 Å². The molecule has 5 aliphatic rings. The summed E-state index contributed by atoms with van der Waals surface area (Å²) < 4.78 is 16.7. The van der Waals surface area contributed by atoms with E-state index in [4.69, 9.17) is 14.2 Å². The normalized spacial score (nSPS) is 41.2. The standard InChI is InChI=1S/C28H36O4/c1-27-10-5-4-6-19(27)7-8-20-21(27)9-11-28(2)22(20)15-18(26(28)29)12-17-13-23(30-3)25-24(14-17)31-16-32-25/h12-14,19-22H,4-11,15-16H2,1-3H3/t19-,20?,21?,22?,27+,28+/m1/s1. The van der Waals surface area contributed by atoms with Gasteiger partial charge in [0.25, 0.3) is 0 Å². The Morgan fingerprint density at radius 3 is 2.75 bits per heavy atom. The first-order chi connectivity index (χ1) is 15.4. The van der Waals surface area contributed by atoms with Gasteiger partial charge in [-0.25, -0.2) is 0 Å². The predicted molar refractivity (Wildman–Crippen MR) is 124 cm³/mol. The molecule has 172 valence electrons. The van der Waals surface area contributed by atoms with Gasteiger partial charge < -0.3 is 14.2 Å². The zero-order valence-corrected chi connectivity index (χ0v) is 19.7. The van der Waals surface area contributed by atoms with Crippen LogP contribution in [0.2, 0.25) is 0 Å². The van der Waals surface area contributed by atoms with Crippen LogP contribution in [0.15, 0.2) is 17.7 Å². The molecule has 1 aliphatic heterocycles. The van der Waals surface area contributed by atoms with Crippen LogP contribution < -0.4 is 14.2 Å². The largest absolute Gasteiger partial charge is 0.493 e. The van der Waals surface area contributed by atoms with Gasteiger partial charge in [0.1, 0.15) is 0 Å². The number of carbonyl (C=O) groups excluding carboxylic acids is 1. The van der Waals surface area contributed by atoms with Gasteiger partial charge in [0, 0.05) is 5.41 Å². The van der Waals surface area contributed by atoms with E-state index in [1.807, 2.05) is 12.1 Å². The third-order valence-corrected chi connectivity index (χ3v) is 10.2. The number of ether oxygens (including phenoxy) is 3. The van der Waals surface area contributed by atoms with Crippen molar-refractivity contribution in [3.63, 3.8) is 0 Å². The first kappa shape index (κ1) is 20.6. The Morgan fingerprint density at radius 2 is 1.91 bits per heavy atom. The lowest BCUT2D eigenvalue weighted by atomic mass is 9.45. The van der Waals surface area contributed by atoms with Crippen molar-refractivity contribution in [3.8, 4) is 17.2 Å². The van der Waals surface area contributed by atoms with E-state index in [2.05, 4.69) is 19.9 Å². The molecule has 0 N–H and O–H groups in total. The summed E-state index contributed by atoms with van der Waals surface area (Å²) in [4.78, 5) is 13.7. The van der Waals surface area contributed by atoms with Gasteiger partial charge in [0.05, 0.1) is 7.11 Å². The second-order valence-electron chi connectivity index (χ2n) is 11.5. The Balaban J connectivity index is 1.32. The van der Waals surface area contributed by atoms with Crippen molar-refractivity contribution in [1.82, 2.24) is 0 Å². The Hall–Kier alpha value is -1.97. The first-order valence-electron chi connectivity index (χ1n) is 12.7. The minimum Gasteiger partial charge on any atom is -0.493 e. The minimum atomic E-state index is -0.189. The second kappa shape index (κ2) is 7.27. The molecule has 4 aliphatic carbocycles. The van der Waals surface area contributed by atoms with Gasteiger partial charge in [-0.1, -0.05) is 26.7 Å². The number of benzene rings is 1. The van der Waals surface area contributed by atoms with E-state index in [1.165, 1.54) is 44.9 Å². The number of rotatable bonds is 2. The third kappa shape index (κ3) is 2.83. The lowest BCUT2D eigenvalue weighted by Crippen LogP contribution is -2.52. The van der Waals surface area contributed by atoms with Crippen LogP contribution in [0.1, 0.15) is 77.2 Å². The Morgan fingerprint density at radius 1 is 1.03 bits per heavy atom. The third-order valence-electron chi connectivity index (χ3n) is 10.2. The molecule has 6 rings (SSSR count). The molecule has 4 heteroatoms. The Bertz CT molecular complexity index is 980. The van der Waals surface area contributed by atoms with Gasteiger partial charge in [0.15, 0.2) is 17.3 Å². The van der Waals surface area contributed by atoms with Crippen LogP contribution in [0, 0.1) is 34.5 Å². The molecule has 1 aromatic rings. The Labute approximate surface area is 191 Å². The van der Waals surface area contributed by atoms with Gasteiger partial charge in [-0.05, 0) is 103 Å². The van der Waals surface area contributed by atoms with Crippen LogP contribution >= 0.6 is 0 Å². The second-order valence-corrected chi connectivity index (χ2v) is 11.5. The van der Waals surface area contributed by atoms with Crippen molar-refractivity contribution in [2.75, 3.05) is 13.9 Å². The van der Waals surface area contributed by atoms with Crippen molar-refractivity contribution in [2.45, 2.75) is 71.6 Å². The predicted octanol–water partition coefficient (Wildman–Crippen LogP) is 6.42. The molecular weight excluding hydrogens is 400 g/mol. The van der Waals surface area contributed by atoms with Crippen LogP contribution in [-0.4, -0.2) is 19.7 Å². The summed E-state index contributed by atoms with van der Waals surface area (Å²) in [7, 11) is 1.65. The molecule has 32 heavy (non-hydrogen) atoms. The summed E-state index contributed by atoms with van der Waals surface area (Å²) in [5.41, 5.74) is 2.28. The van der Waals surface area contributed by atoms with Crippen molar-refractivity contribution < 1.29 is 19.0 Å². The van der Waals surface area contributed by atoms with Crippen molar-refractivity contribution in [2.24, 2.45) is 34.5 Å². The molecule has 0 amide bonds. The maximum Gasteiger partial charge on any atom is 0.231 e. The zero-order valence-electron chi connectivity index (χ0n) is 19.7. The fraction of sp³-hybridized carbons (Fsp3) is 0.679. The molecule has 3 unspecified atom stereocenters. The summed E-state index contributed by atoms with van der Waals surface area (Å²) in [5, 5.41) is 0. The average Bonchev–Trinajstić information content (AvgIpc) is 3.36. The van der Waals surface area contributed by atoms with Gasteiger partial charge in [-0.15, -0.1) is 0 Å². The molecule has 0 radical (unpaired) electrons. The number of carbonyl (C=O) groups is 1. The number of methoxy groups -OCH3 is 1. The minimum absolute atomic E-state index is 0.189. The van der Waals surface area contributed by atoms with Gasteiger partial charge in [0.2, 0.25) is 12.5 Å². The van der Waals surface area contributed by atoms with Crippen LogP contribution in [-0.2, 0) is 4.79 Å². The SMILES string of the molecule is COc1cc(C=C2CC3C4CC[C@H]5CCCC[C@]5(C)C4CC[C@]3(C)C2=O)cc2c1OCO2. The number of ketones is 1. The summed E-state index contributed by atoms with van der Waals surface area (Å²) in [6.45, 7) is 5.09. The molecule has 4 saturated carbocycles. The number of fused-ring (bicyclic) bond motifs is 6. The van der Waals surface area contributed by atoms with E-state index in [9.17, 15) is 4.79 Å². The number of hydrogen-bond acceptors (Lipinski definition) is 4. The van der Waals surface area contributed by atoms with Crippen molar-refractivity contribution >= 4 is 11.9 Å². The molecule has 0 saturated heterocycles. The topological polar surface area (TPSA) is 44.8 Å². The molecule has 4 fully saturated rings. The van der Waals surface area contributed by atoms with E-state index in [0.717, 1.165) is 35.8 Å². The van der Waals surface area contributed by atoms with Crippen LogP contribution in [0.3, 0.4) is 0 Å². The molecule has 1 aromatic carbocycles. The van der Waals surface area contributed by atoms with Crippen molar-refractivity contribution in [1.29, 1.82) is 0 Å².